The Balaban J connectivity index is 1.87. The molecule has 0 saturated heterocycles. The first kappa shape index (κ1) is 20.1. The second-order valence-corrected chi connectivity index (χ2v) is 7.72. The van der Waals surface area contributed by atoms with E-state index in [9.17, 15) is 0 Å². The van der Waals surface area contributed by atoms with Gasteiger partial charge in [0.05, 0.1) is 5.52 Å². The van der Waals surface area contributed by atoms with Crippen LogP contribution in [0.5, 0.6) is 0 Å². The summed E-state index contributed by atoms with van der Waals surface area (Å²) in [7, 11) is 0. The zero-order chi connectivity index (χ0) is 19.2. The first-order valence-electron chi connectivity index (χ1n) is 9.30. The highest BCUT2D eigenvalue weighted by molar-refractivity contribution is 9.10. The van der Waals surface area contributed by atoms with Gasteiger partial charge in [0.15, 0.2) is 5.82 Å². The van der Waals surface area contributed by atoms with Gasteiger partial charge in [-0.1, -0.05) is 53.5 Å². The van der Waals surface area contributed by atoms with Gasteiger partial charge >= 0.3 is 0 Å². The second-order valence-electron chi connectivity index (χ2n) is 6.37. The number of nitrogens with zero attached hydrogens (tertiary/aromatic N) is 3. The minimum Gasteiger partial charge on any atom is -0.369 e. The van der Waals surface area contributed by atoms with E-state index in [0.29, 0.717) is 10.8 Å². The Morgan fingerprint density at radius 1 is 1.04 bits per heavy atom. The highest BCUT2D eigenvalue weighted by atomic mass is 79.9. The maximum atomic E-state index is 6.19. The highest BCUT2D eigenvalue weighted by Gasteiger charge is 2.10. The van der Waals surface area contributed by atoms with Crippen LogP contribution in [0.4, 0.5) is 5.82 Å². The number of nitrogens with one attached hydrogen (secondary N) is 1. The molecule has 0 amide bonds. The Kier molecular flexibility index (Phi) is 7.05. The van der Waals surface area contributed by atoms with E-state index in [1.54, 1.807) is 0 Å². The molecule has 0 atom stereocenters. The molecule has 27 heavy (non-hydrogen) atoms. The summed E-state index contributed by atoms with van der Waals surface area (Å²) in [4.78, 5) is 11.9. The molecule has 6 heteroatoms. The molecule has 1 N–H and O–H groups in total. The van der Waals surface area contributed by atoms with Gasteiger partial charge in [-0.2, -0.15) is 0 Å². The molecule has 2 aromatic carbocycles. The Morgan fingerprint density at radius 3 is 2.48 bits per heavy atom. The number of hydrogen-bond acceptors (Lipinski definition) is 4. The molecule has 1 aromatic heterocycles. The number of aromatic nitrogens is 2. The smallest absolute Gasteiger partial charge is 0.162 e. The molecule has 0 aliphatic carbocycles. The predicted octanol–water partition coefficient (Wildman–Crippen LogP) is 5.86. The maximum absolute atomic E-state index is 6.19. The van der Waals surface area contributed by atoms with Crippen molar-refractivity contribution in [3.63, 3.8) is 0 Å². The molecule has 0 aliphatic rings. The van der Waals surface area contributed by atoms with E-state index in [1.807, 2.05) is 42.5 Å². The lowest BCUT2D eigenvalue weighted by atomic mass is 10.2. The largest absolute Gasteiger partial charge is 0.369 e. The summed E-state index contributed by atoms with van der Waals surface area (Å²) < 4.78 is 1.03. The van der Waals surface area contributed by atoms with Crippen LogP contribution < -0.4 is 5.32 Å². The van der Waals surface area contributed by atoms with Gasteiger partial charge in [-0.05, 0) is 56.4 Å². The fourth-order valence-electron chi connectivity index (χ4n) is 3.01. The molecule has 142 valence electrons. The number of fused-ring (bicyclic) bond motifs is 1. The van der Waals surface area contributed by atoms with Gasteiger partial charge in [0.2, 0.25) is 0 Å². The van der Waals surface area contributed by atoms with Crippen LogP contribution in [-0.4, -0.2) is 41.0 Å². The molecule has 4 nitrogen and oxygen atoms in total. The van der Waals surface area contributed by atoms with E-state index in [0.717, 1.165) is 59.4 Å². The zero-order valence-electron chi connectivity index (χ0n) is 15.7. The summed E-state index contributed by atoms with van der Waals surface area (Å²) in [5.74, 6) is 1.55. The monoisotopic (exact) mass is 446 g/mol. The van der Waals surface area contributed by atoms with E-state index in [1.165, 1.54) is 0 Å². The Labute approximate surface area is 174 Å². The van der Waals surface area contributed by atoms with Gasteiger partial charge in [0.25, 0.3) is 0 Å². The Hall–Kier alpha value is -1.69. The zero-order valence-corrected chi connectivity index (χ0v) is 18.0. The van der Waals surface area contributed by atoms with Crippen LogP contribution in [0.25, 0.3) is 22.3 Å². The van der Waals surface area contributed by atoms with E-state index in [4.69, 9.17) is 21.6 Å². The molecule has 0 saturated carbocycles. The molecular weight excluding hydrogens is 424 g/mol. The fourth-order valence-corrected chi connectivity index (χ4v) is 3.45. The van der Waals surface area contributed by atoms with E-state index >= 15 is 0 Å². The third-order valence-corrected chi connectivity index (χ3v) is 5.36. The highest BCUT2D eigenvalue weighted by Crippen LogP contribution is 2.27. The lowest BCUT2D eigenvalue weighted by Crippen LogP contribution is -2.25. The molecule has 3 rings (SSSR count). The molecule has 0 aliphatic heterocycles. The average Bonchev–Trinajstić information content (AvgIpc) is 2.68. The van der Waals surface area contributed by atoms with Crippen molar-refractivity contribution in [2.75, 3.05) is 31.5 Å². The first-order chi connectivity index (χ1) is 13.1. The van der Waals surface area contributed by atoms with Gasteiger partial charge in [-0.3, -0.25) is 0 Å². The standard InChI is InChI=1S/C21H24BrClN4/c1-3-27(4-2)13-5-12-24-21-18-11-10-17(23)14-19(18)25-20(26-21)15-6-8-16(22)9-7-15/h6-11,14H,3-5,12-13H2,1-2H3,(H,24,25,26). The van der Waals surface area contributed by atoms with Gasteiger partial charge in [-0.25, -0.2) is 9.97 Å². The van der Waals surface area contributed by atoms with Crippen molar-refractivity contribution in [2.24, 2.45) is 0 Å². The van der Waals surface area contributed by atoms with Gasteiger partial charge in [-0.15, -0.1) is 0 Å². The lowest BCUT2D eigenvalue weighted by molar-refractivity contribution is 0.303. The topological polar surface area (TPSA) is 41.0 Å². The number of benzene rings is 2. The summed E-state index contributed by atoms with van der Waals surface area (Å²) in [5, 5.41) is 5.17. The van der Waals surface area contributed by atoms with Crippen molar-refractivity contribution in [1.29, 1.82) is 0 Å². The van der Waals surface area contributed by atoms with Crippen LogP contribution in [0, 0.1) is 0 Å². The molecular formula is C21H24BrClN4. The molecule has 0 radical (unpaired) electrons. The van der Waals surface area contributed by atoms with Crippen molar-refractivity contribution in [2.45, 2.75) is 20.3 Å². The SMILES string of the molecule is CCN(CC)CCCNc1nc(-c2ccc(Br)cc2)nc2cc(Cl)ccc12. The van der Waals surface area contributed by atoms with Crippen LogP contribution in [0.1, 0.15) is 20.3 Å². The van der Waals surface area contributed by atoms with Crippen molar-refractivity contribution < 1.29 is 0 Å². The van der Waals surface area contributed by atoms with Gasteiger partial charge in [0, 0.05) is 27.0 Å². The summed E-state index contributed by atoms with van der Waals surface area (Å²) in [6, 6.07) is 13.8. The predicted molar refractivity (Wildman–Crippen MR) is 119 cm³/mol. The Morgan fingerprint density at radius 2 is 1.78 bits per heavy atom. The lowest BCUT2D eigenvalue weighted by Gasteiger charge is -2.18. The molecule has 0 spiro atoms. The minimum absolute atomic E-state index is 0.676. The average molecular weight is 448 g/mol. The first-order valence-corrected chi connectivity index (χ1v) is 10.5. The number of halogens is 2. The number of rotatable bonds is 8. The van der Waals surface area contributed by atoms with Gasteiger partial charge in [0.1, 0.15) is 5.82 Å². The quantitative estimate of drug-likeness (QED) is 0.439. The summed E-state index contributed by atoms with van der Waals surface area (Å²) >= 11 is 9.66. The third kappa shape index (κ3) is 5.18. The number of hydrogen-bond donors (Lipinski definition) is 1. The fraction of sp³-hybridized carbons (Fsp3) is 0.333. The van der Waals surface area contributed by atoms with E-state index < -0.39 is 0 Å². The Bertz CT molecular complexity index is 895. The van der Waals surface area contributed by atoms with Crippen molar-refractivity contribution in [3.05, 3.63) is 52.0 Å². The molecule has 0 bridgehead atoms. The van der Waals surface area contributed by atoms with Crippen LogP contribution in [0.3, 0.4) is 0 Å². The van der Waals surface area contributed by atoms with Crippen molar-refractivity contribution in [3.8, 4) is 11.4 Å². The summed E-state index contributed by atoms with van der Waals surface area (Å²) in [5.41, 5.74) is 1.83. The summed E-state index contributed by atoms with van der Waals surface area (Å²) in [6.07, 6.45) is 1.06. The molecule has 3 aromatic rings. The van der Waals surface area contributed by atoms with Crippen LogP contribution in [0.2, 0.25) is 5.02 Å². The third-order valence-electron chi connectivity index (χ3n) is 4.60. The molecule has 0 fully saturated rings. The minimum atomic E-state index is 0.676. The summed E-state index contributed by atoms with van der Waals surface area (Å²) in [6.45, 7) is 8.50. The van der Waals surface area contributed by atoms with Crippen molar-refractivity contribution >= 4 is 44.3 Å². The maximum Gasteiger partial charge on any atom is 0.162 e. The van der Waals surface area contributed by atoms with E-state index in [2.05, 4.69) is 40.0 Å². The van der Waals surface area contributed by atoms with Crippen LogP contribution in [-0.2, 0) is 0 Å². The van der Waals surface area contributed by atoms with Crippen molar-refractivity contribution in [1.82, 2.24) is 14.9 Å². The van der Waals surface area contributed by atoms with Crippen LogP contribution >= 0.6 is 27.5 Å². The van der Waals surface area contributed by atoms with Crippen LogP contribution in [0.15, 0.2) is 46.9 Å². The second kappa shape index (κ2) is 9.49. The molecule has 0 unspecified atom stereocenters. The number of anilines is 1. The van der Waals surface area contributed by atoms with Gasteiger partial charge < -0.3 is 10.2 Å². The van der Waals surface area contributed by atoms with E-state index in [-0.39, 0.29) is 0 Å². The molecule has 1 heterocycles. The normalized spacial score (nSPS) is 11.3.